The highest BCUT2D eigenvalue weighted by molar-refractivity contribution is 7.12. The normalized spacial score (nSPS) is 20.1. The van der Waals surface area contributed by atoms with Gasteiger partial charge in [0.2, 0.25) is 0 Å². The Morgan fingerprint density at radius 1 is 1.23 bits per heavy atom. The first-order chi connectivity index (χ1) is 12.3. The lowest BCUT2D eigenvalue weighted by Crippen LogP contribution is -2.41. The van der Waals surface area contributed by atoms with Crippen LogP contribution < -0.4 is 0 Å². The average Bonchev–Trinajstić information content (AvgIpc) is 3.01. The van der Waals surface area contributed by atoms with E-state index >= 15 is 0 Å². The number of likely N-dealkylation sites (tertiary alicyclic amines) is 1. The Bertz CT molecular complexity index is 770. The van der Waals surface area contributed by atoms with E-state index in [1.807, 2.05) is 19.1 Å². The van der Waals surface area contributed by atoms with E-state index in [0.717, 1.165) is 40.4 Å². The Morgan fingerprint density at radius 2 is 1.92 bits per heavy atom. The molecule has 1 aliphatic rings. The van der Waals surface area contributed by atoms with Gasteiger partial charge in [-0.25, -0.2) is 0 Å². The van der Waals surface area contributed by atoms with Crippen LogP contribution in [-0.2, 0) is 11.0 Å². The SMILES string of the molecule is Cc1ccc(C(c2ccc(C(F)(F)F)cc2)N2CCCC(C(=O)O)C2)s1. The van der Waals surface area contributed by atoms with Crippen LogP contribution in [0, 0.1) is 12.8 Å². The molecule has 1 saturated heterocycles. The Labute approximate surface area is 154 Å². The molecule has 2 heterocycles. The monoisotopic (exact) mass is 383 g/mol. The molecule has 26 heavy (non-hydrogen) atoms. The number of benzene rings is 1. The Hall–Kier alpha value is -1.86. The van der Waals surface area contributed by atoms with Crippen LogP contribution in [0.2, 0.25) is 0 Å². The number of alkyl halides is 3. The molecule has 140 valence electrons. The molecule has 2 unspecified atom stereocenters. The van der Waals surface area contributed by atoms with Crippen molar-refractivity contribution < 1.29 is 23.1 Å². The smallest absolute Gasteiger partial charge is 0.416 e. The highest BCUT2D eigenvalue weighted by Gasteiger charge is 2.33. The Balaban J connectivity index is 1.95. The van der Waals surface area contributed by atoms with E-state index in [9.17, 15) is 23.1 Å². The highest BCUT2D eigenvalue weighted by atomic mass is 32.1. The fraction of sp³-hybridized carbons (Fsp3) is 0.421. The molecule has 0 amide bonds. The number of aryl methyl sites for hydroxylation is 1. The second-order valence-corrected chi connectivity index (χ2v) is 7.96. The van der Waals surface area contributed by atoms with Crippen molar-refractivity contribution in [2.24, 2.45) is 5.92 Å². The van der Waals surface area contributed by atoms with Crippen LogP contribution in [0.25, 0.3) is 0 Å². The van der Waals surface area contributed by atoms with Crippen molar-refractivity contribution in [2.75, 3.05) is 13.1 Å². The van der Waals surface area contributed by atoms with Gasteiger partial charge in [0.1, 0.15) is 0 Å². The topological polar surface area (TPSA) is 40.5 Å². The second kappa shape index (κ2) is 7.40. The zero-order valence-electron chi connectivity index (χ0n) is 14.3. The number of aliphatic carboxylic acids is 1. The van der Waals surface area contributed by atoms with Crippen LogP contribution in [0.15, 0.2) is 36.4 Å². The summed E-state index contributed by atoms with van der Waals surface area (Å²) < 4.78 is 38.6. The molecule has 3 nitrogen and oxygen atoms in total. The number of carboxylic acids is 1. The molecule has 1 aliphatic heterocycles. The molecule has 0 aliphatic carbocycles. The number of thiophene rings is 1. The van der Waals surface area contributed by atoms with Crippen molar-refractivity contribution in [3.05, 3.63) is 57.3 Å². The average molecular weight is 383 g/mol. The van der Waals surface area contributed by atoms with Gasteiger partial charge in [0.05, 0.1) is 17.5 Å². The van der Waals surface area contributed by atoms with Crippen molar-refractivity contribution in [1.29, 1.82) is 0 Å². The molecule has 2 atom stereocenters. The second-order valence-electron chi connectivity index (χ2n) is 6.64. The quantitative estimate of drug-likeness (QED) is 0.811. The van der Waals surface area contributed by atoms with Crippen molar-refractivity contribution in [2.45, 2.75) is 32.0 Å². The number of hydrogen-bond acceptors (Lipinski definition) is 3. The third-order valence-corrected chi connectivity index (χ3v) is 5.80. The van der Waals surface area contributed by atoms with Crippen molar-refractivity contribution >= 4 is 17.3 Å². The summed E-state index contributed by atoms with van der Waals surface area (Å²) >= 11 is 1.59. The first-order valence-electron chi connectivity index (χ1n) is 8.46. The zero-order chi connectivity index (χ0) is 18.9. The standard InChI is InChI=1S/C19H20F3NO2S/c1-12-4-9-16(26-12)17(23-10-2-3-14(11-23)18(24)25)13-5-7-15(8-6-13)19(20,21)22/h4-9,14,17H,2-3,10-11H2,1H3,(H,24,25). The maximum absolute atomic E-state index is 12.9. The molecule has 1 N–H and O–H groups in total. The summed E-state index contributed by atoms with van der Waals surface area (Å²) in [4.78, 5) is 15.6. The van der Waals surface area contributed by atoms with E-state index < -0.39 is 23.6 Å². The predicted octanol–water partition coefficient (Wildman–Crippen LogP) is 4.96. The molecule has 7 heteroatoms. The molecule has 0 bridgehead atoms. The van der Waals surface area contributed by atoms with Gasteiger partial charge >= 0.3 is 12.1 Å². The number of rotatable bonds is 4. The highest BCUT2D eigenvalue weighted by Crippen LogP contribution is 2.37. The van der Waals surface area contributed by atoms with Crippen LogP contribution in [0.1, 0.15) is 39.8 Å². The number of halogens is 3. The van der Waals surface area contributed by atoms with Gasteiger partial charge in [-0.1, -0.05) is 12.1 Å². The fourth-order valence-electron chi connectivity index (χ4n) is 3.45. The minimum atomic E-state index is -4.37. The van der Waals surface area contributed by atoms with E-state index in [1.165, 1.54) is 12.1 Å². The van der Waals surface area contributed by atoms with Gasteiger partial charge in [0.25, 0.3) is 0 Å². The summed E-state index contributed by atoms with van der Waals surface area (Å²) in [5, 5.41) is 9.36. The molecule has 0 spiro atoms. The van der Waals surface area contributed by atoms with Gasteiger partial charge in [-0.3, -0.25) is 9.69 Å². The molecule has 1 aromatic carbocycles. The van der Waals surface area contributed by atoms with E-state index in [2.05, 4.69) is 4.90 Å². The third-order valence-electron chi connectivity index (χ3n) is 4.75. The summed E-state index contributed by atoms with van der Waals surface area (Å²) in [5.74, 6) is -1.26. The number of carbonyl (C=O) groups is 1. The number of nitrogens with zero attached hydrogens (tertiary/aromatic N) is 1. The lowest BCUT2D eigenvalue weighted by Gasteiger charge is -2.37. The maximum atomic E-state index is 12.9. The van der Waals surface area contributed by atoms with Gasteiger partial charge in [0, 0.05) is 16.3 Å². The van der Waals surface area contributed by atoms with E-state index in [-0.39, 0.29) is 6.04 Å². The van der Waals surface area contributed by atoms with Gasteiger partial charge in [0.15, 0.2) is 0 Å². The van der Waals surface area contributed by atoms with E-state index in [1.54, 1.807) is 11.3 Å². The largest absolute Gasteiger partial charge is 0.481 e. The maximum Gasteiger partial charge on any atom is 0.416 e. The zero-order valence-corrected chi connectivity index (χ0v) is 15.1. The Kier molecular flexibility index (Phi) is 5.39. The first-order valence-corrected chi connectivity index (χ1v) is 9.27. The van der Waals surface area contributed by atoms with E-state index in [0.29, 0.717) is 13.0 Å². The first kappa shape index (κ1) is 18.9. The number of piperidine rings is 1. The van der Waals surface area contributed by atoms with Crippen LogP contribution >= 0.6 is 11.3 Å². The molecule has 1 aromatic heterocycles. The molecule has 0 radical (unpaired) electrons. The minimum absolute atomic E-state index is 0.224. The Morgan fingerprint density at radius 3 is 2.46 bits per heavy atom. The predicted molar refractivity (Wildman–Crippen MR) is 94.3 cm³/mol. The van der Waals surface area contributed by atoms with Crippen molar-refractivity contribution in [1.82, 2.24) is 4.90 Å². The molecule has 1 fully saturated rings. The minimum Gasteiger partial charge on any atom is -0.481 e. The van der Waals surface area contributed by atoms with Crippen LogP contribution in [0.3, 0.4) is 0 Å². The molecular formula is C19H20F3NO2S. The van der Waals surface area contributed by atoms with Crippen LogP contribution in [-0.4, -0.2) is 29.1 Å². The summed E-state index contributed by atoms with van der Waals surface area (Å²) in [6, 6.07) is 8.95. The summed E-state index contributed by atoms with van der Waals surface area (Å²) in [6.45, 7) is 3.11. The number of carboxylic acid groups (broad SMARTS) is 1. The summed E-state index contributed by atoms with van der Waals surface area (Å²) in [6.07, 6.45) is -2.97. The lowest BCUT2D eigenvalue weighted by molar-refractivity contribution is -0.144. The molecular weight excluding hydrogens is 363 g/mol. The van der Waals surface area contributed by atoms with Crippen molar-refractivity contribution in [3.63, 3.8) is 0 Å². The summed E-state index contributed by atoms with van der Waals surface area (Å²) in [5.41, 5.74) is 0.0790. The van der Waals surface area contributed by atoms with Gasteiger partial charge in [-0.15, -0.1) is 11.3 Å². The summed E-state index contributed by atoms with van der Waals surface area (Å²) in [7, 11) is 0. The van der Waals surface area contributed by atoms with Gasteiger partial charge in [-0.2, -0.15) is 13.2 Å². The van der Waals surface area contributed by atoms with Crippen LogP contribution in [0.4, 0.5) is 13.2 Å². The van der Waals surface area contributed by atoms with Gasteiger partial charge < -0.3 is 5.11 Å². The molecule has 0 saturated carbocycles. The van der Waals surface area contributed by atoms with Crippen LogP contribution in [0.5, 0.6) is 0 Å². The molecule has 3 rings (SSSR count). The van der Waals surface area contributed by atoms with E-state index in [4.69, 9.17) is 0 Å². The fourth-order valence-corrected chi connectivity index (χ4v) is 4.49. The van der Waals surface area contributed by atoms with Crippen molar-refractivity contribution in [3.8, 4) is 0 Å². The number of hydrogen-bond donors (Lipinski definition) is 1. The van der Waals surface area contributed by atoms with Gasteiger partial charge in [-0.05, 0) is 56.1 Å². The molecule has 2 aromatic rings. The third kappa shape index (κ3) is 4.10. The lowest BCUT2D eigenvalue weighted by atomic mass is 9.94.